The molecule has 2 aliphatic heterocycles. The van der Waals surface area contributed by atoms with Gasteiger partial charge in [0.1, 0.15) is 24.4 Å². The minimum absolute atomic E-state index is 0.000144. The molecule has 6 aliphatic rings. The Kier molecular flexibility index (Phi) is 11.1. The Morgan fingerprint density at radius 1 is 0.696 bits per heavy atom. The minimum atomic E-state index is -3.38. The molecule has 5 N–H and O–H groups in total. The quantitative estimate of drug-likeness (QED) is 0.0277. The van der Waals surface area contributed by atoms with Gasteiger partial charge in [0.05, 0.1) is 61.5 Å². The molecule has 6 heterocycles. The fourth-order valence-corrected chi connectivity index (χ4v) is 11.2. The average Bonchev–Trinajstić information content (AvgIpc) is 1.60. The van der Waals surface area contributed by atoms with Crippen LogP contribution in [0.15, 0.2) is 46.7 Å². The summed E-state index contributed by atoms with van der Waals surface area (Å²) >= 11 is 6.47. The Balaban J connectivity index is 0.000000190. The number of nitrogens with one attached hydrogen (secondary N) is 1. The normalized spacial score (nSPS) is 34.7. The van der Waals surface area contributed by atoms with Gasteiger partial charge in [-0.25, -0.2) is 46.9 Å². The Bertz CT molecular complexity index is 4090. The molecule has 4 aliphatic carbocycles. The molecule has 0 unspecified atom stereocenters. The number of hydrogen-bond donors (Lipinski definition) is 4. The van der Waals surface area contributed by atoms with Crippen molar-refractivity contribution in [2.45, 2.75) is 174 Å². The molecule has 2 saturated heterocycles. The lowest BCUT2D eigenvalue weighted by Gasteiger charge is -2.23. The molecule has 27 heteroatoms. The number of rotatable bonds is 18. The average molecular weight is 1180 g/mol. The summed E-state index contributed by atoms with van der Waals surface area (Å²) in [4.78, 5) is 16.9. The Labute approximate surface area is 497 Å². The highest BCUT2D eigenvalue weighted by atomic mass is 35.5. The van der Waals surface area contributed by atoms with E-state index in [-0.39, 0.29) is 93.6 Å². The summed E-state index contributed by atoms with van der Waals surface area (Å²) in [5.74, 6) is -6.01. The van der Waals surface area contributed by atoms with Gasteiger partial charge >= 0.3 is 0 Å². The number of aliphatic hydroxyl groups is 2. The van der Waals surface area contributed by atoms with Gasteiger partial charge < -0.3 is 49.7 Å². The van der Waals surface area contributed by atoms with Crippen LogP contribution in [0.2, 0.25) is 5.15 Å². The highest BCUT2D eigenvalue weighted by Gasteiger charge is 2.57. The number of aromatic nitrogens is 10. The predicted molar refractivity (Wildman–Crippen MR) is 285 cm³/mol. The second-order valence-electron chi connectivity index (χ2n) is 19.6. The monoisotopic (exact) mass is 1180 g/mol. The highest BCUT2D eigenvalue weighted by Crippen LogP contribution is 2.48. The summed E-state index contributed by atoms with van der Waals surface area (Å²) in [5, 5.41) is 37.9. The van der Waals surface area contributed by atoms with E-state index in [0.717, 1.165) is 30.2 Å². The van der Waals surface area contributed by atoms with Crippen molar-refractivity contribution in [2.75, 3.05) is 43.0 Å². The van der Waals surface area contributed by atoms with E-state index in [9.17, 15) is 27.8 Å². The van der Waals surface area contributed by atoms with Crippen molar-refractivity contribution in [3.8, 4) is 0 Å². The van der Waals surface area contributed by atoms with E-state index in [1.165, 1.54) is 21.5 Å². The second kappa shape index (κ2) is 24.2. The van der Waals surface area contributed by atoms with Crippen LogP contribution in [0, 0.1) is 23.3 Å². The maximum absolute atomic E-state index is 14.0. The standard InChI is InChI=1S/C26H32F2N6O4S.C17H24ClN5O4S.C9H9F2N/c1-4-9-39-25-30-23(29-17-11-14(17)13-5-6-15(27)16(28)10-13)20-24(31-25)34(33-32-20)18-12-19(36-8-7-35)22-21(18)37-26(2,3)38-22;1-4-7-28-16-19-14(18)11-15(20-16)23(22-21-11)9-8-10(25-6-5-24)13-12(9)26-17(2,3)27-13;10-7-2-1-5(3-8(7)11)6-4-9(6)12/h5-6,10,14,17-19,21-22,35H,4,7-9,11-12H2,1-3H3,(H,29,30,31);9-10,12-13,24H,4-8H2,1-3H3;1-3,6,9H,4,12H2/t14-,17+,18+,19-,21-,22+;9-,10+,12+,13-;6-,9+/m010/s1/i1D3,4D2,7D2,8D2,9D2;1D3,4D2,5D2,6D2,7D2;. The van der Waals surface area contributed by atoms with Crippen molar-refractivity contribution < 1.29 is 86.4 Å². The summed E-state index contributed by atoms with van der Waals surface area (Å²) < 4.78 is 261. The van der Waals surface area contributed by atoms with Gasteiger partial charge in [0, 0.05) is 67.4 Å². The predicted octanol–water partition coefficient (Wildman–Crippen LogP) is 7.81. The van der Waals surface area contributed by atoms with E-state index in [1.54, 1.807) is 33.8 Å². The number of halogens is 5. The molecule has 0 bridgehead atoms. The van der Waals surface area contributed by atoms with Crippen LogP contribution < -0.4 is 11.1 Å². The van der Waals surface area contributed by atoms with Crippen molar-refractivity contribution in [1.82, 2.24) is 49.9 Å². The smallest absolute Gasteiger partial charge is 0.191 e. The van der Waals surface area contributed by atoms with E-state index >= 15 is 0 Å². The van der Waals surface area contributed by atoms with Gasteiger partial charge in [0.2, 0.25) is 0 Å². The molecule has 0 spiro atoms. The number of benzene rings is 2. The van der Waals surface area contributed by atoms with Crippen molar-refractivity contribution in [2.24, 2.45) is 5.73 Å². The maximum atomic E-state index is 14.0. The van der Waals surface area contributed by atoms with E-state index in [2.05, 4.69) is 45.9 Å². The molecule has 6 fully saturated rings. The van der Waals surface area contributed by atoms with Crippen LogP contribution in [0.3, 0.4) is 0 Å². The van der Waals surface area contributed by atoms with Crippen LogP contribution >= 0.6 is 35.1 Å². The lowest BCUT2D eigenvalue weighted by Crippen LogP contribution is -2.31. The molecule has 0 radical (unpaired) electrons. The first-order chi connectivity index (χ1) is 46.0. The first-order valence-electron chi connectivity index (χ1n) is 35.2. The van der Waals surface area contributed by atoms with Crippen LogP contribution in [-0.4, -0.2) is 158 Å². The molecule has 20 nitrogen and oxygen atoms in total. The van der Waals surface area contributed by atoms with Crippen LogP contribution in [-0.2, 0) is 28.4 Å². The third-order valence-electron chi connectivity index (χ3n) is 13.6. The summed E-state index contributed by atoms with van der Waals surface area (Å²) in [7, 11) is 0. The van der Waals surface area contributed by atoms with Gasteiger partial charge in [0.25, 0.3) is 0 Å². The number of fused-ring (bicyclic) bond motifs is 4. The molecule has 6 aromatic rings. The van der Waals surface area contributed by atoms with Crippen molar-refractivity contribution in [3.05, 3.63) is 75.9 Å². The largest absolute Gasteiger partial charge is 0.394 e. The van der Waals surface area contributed by atoms with Gasteiger partial charge in [-0.3, -0.25) is 0 Å². The van der Waals surface area contributed by atoms with E-state index in [1.807, 2.05) is 0 Å². The molecule has 4 aromatic heterocycles. The topological polar surface area (TPSA) is 247 Å². The summed E-state index contributed by atoms with van der Waals surface area (Å²) in [5.41, 5.74) is 0.734. The molecular weight excluding hydrogens is 1100 g/mol. The van der Waals surface area contributed by atoms with Crippen LogP contribution in [0.1, 0.15) is 145 Å². The fraction of sp³-hybridized carbons (Fsp3) is 0.615. The molecule has 79 heavy (non-hydrogen) atoms. The van der Waals surface area contributed by atoms with Gasteiger partial charge in [-0.1, -0.05) is 71.4 Å². The van der Waals surface area contributed by atoms with Gasteiger partial charge in [-0.2, -0.15) is 0 Å². The molecule has 12 rings (SSSR count). The number of anilines is 1. The van der Waals surface area contributed by atoms with Crippen molar-refractivity contribution >= 4 is 63.3 Å². The first kappa shape index (κ1) is 36.2. The number of ether oxygens (including phenoxy) is 6. The molecule has 428 valence electrons. The zero-order chi connectivity index (χ0) is 75.3. The number of thioether (sulfide) groups is 2. The zero-order valence-corrected chi connectivity index (χ0v) is 44.2. The molecule has 4 saturated carbocycles. The summed E-state index contributed by atoms with van der Waals surface area (Å²) in [6.45, 7) is -13.2. The van der Waals surface area contributed by atoms with Gasteiger partial charge in [-0.05, 0) is 88.7 Å². The van der Waals surface area contributed by atoms with Crippen LogP contribution in [0.25, 0.3) is 22.3 Å². The van der Waals surface area contributed by atoms with Gasteiger partial charge in [0.15, 0.2) is 78.5 Å². The lowest BCUT2D eigenvalue weighted by atomic mass is 10.1. The van der Waals surface area contributed by atoms with Crippen molar-refractivity contribution in [3.63, 3.8) is 0 Å². The maximum Gasteiger partial charge on any atom is 0.191 e. The Hall–Kier alpha value is -4.45. The molecule has 0 amide bonds. The highest BCUT2D eigenvalue weighted by molar-refractivity contribution is 7.99. The van der Waals surface area contributed by atoms with Crippen LogP contribution in [0.4, 0.5) is 23.4 Å². The fourth-order valence-electron chi connectivity index (χ4n) is 10.1. The number of nitrogens with zero attached hydrogens (tertiary/aromatic N) is 10. The molecule has 12 atom stereocenters. The minimum Gasteiger partial charge on any atom is -0.394 e. The van der Waals surface area contributed by atoms with Crippen LogP contribution in [0.5, 0.6) is 0 Å². The summed E-state index contributed by atoms with van der Waals surface area (Å²) in [6.07, 6.45) is -11.4. The van der Waals surface area contributed by atoms with E-state index in [0.29, 0.717) is 12.0 Å². The zero-order valence-electron chi connectivity index (χ0n) is 63.8. The van der Waals surface area contributed by atoms with Gasteiger partial charge in [-0.15, -0.1) is 10.2 Å². The Morgan fingerprint density at radius 3 is 1.67 bits per heavy atom. The summed E-state index contributed by atoms with van der Waals surface area (Å²) in [6, 6.07) is 5.56. The van der Waals surface area contributed by atoms with Crippen molar-refractivity contribution in [1.29, 1.82) is 0 Å². The molecular formula is C52H65ClF4N12O8S2. The second-order valence-corrected chi connectivity index (χ2v) is 21.5. The number of nitrogens with two attached hydrogens (primary N) is 1. The third kappa shape index (κ3) is 12.8. The molecule has 2 aromatic carbocycles. The SMILES string of the molecule is N[C@@H]1C[C@H]1c1ccc(F)c(F)c1.[2H]C([2H])([2H])C([2H])([2H])C([2H])([2H])Sc1nc(Cl)c2nnn([C@@H]3C[C@H](OC([2H])([2H])C([2H])([2H])O)[C@H]4OC(C)(C)O[C@H]43)c2n1.[2H]C([2H])([2H])C([2H])([2H])C([2H])([2H])Sc1nc(N[C@@H]2C[C@H]2c2ccc(F)c(F)c2)c2nnn([C@@H]3C[C@H](OC([2H])([2H])C([2H])([2H])O)[C@H]4OC(C)(C)O[C@H]43)c2n1. The van der Waals surface area contributed by atoms with E-state index in [4.69, 9.17) is 75.9 Å². The Morgan fingerprint density at radius 2 is 1.18 bits per heavy atom. The first-order valence-corrected chi connectivity index (χ1v) is 26.2. The number of hydrogen-bond acceptors (Lipinski definition) is 20. The van der Waals surface area contributed by atoms with E-state index < -0.39 is 158 Å². The lowest BCUT2D eigenvalue weighted by molar-refractivity contribution is -0.171. The third-order valence-corrected chi connectivity index (χ3v) is 15.0.